The van der Waals surface area contributed by atoms with Crippen LogP contribution in [-0.2, 0) is 27.2 Å². The molecule has 0 amide bonds. The summed E-state index contributed by atoms with van der Waals surface area (Å²) in [6.07, 6.45) is -4.79. The van der Waals surface area contributed by atoms with Crippen LogP contribution >= 0.6 is 0 Å². The Morgan fingerprint density at radius 3 is 2.00 bits per heavy atom. The number of hydrogen-bond donors (Lipinski definition) is 1. The third-order valence-electron chi connectivity index (χ3n) is 7.88. The van der Waals surface area contributed by atoms with Crippen LogP contribution in [0.25, 0.3) is 0 Å². The second-order valence-corrected chi connectivity index (χ2v) is 16.0. The third-order valence-corrected chi connectivity index (χ3v) is 12.9. The van der Waals surface area contributed by atoms with E-state index in [4.69, 9.17) is 13.9 Å². The van der Waals surface area contributed by atoms with Crippen molar-refractivity contribution in [1.29, 1.82) is 0 Å². The van der Waals surface area contributed by atoms with E-state index in [0.717, 1.165) is 31.1 Å². The molecular formula is C33H37FN2O6Si. The van der Waals surface area contributed by atoms with Gasteiger partial charge in [-0.15, -0.1) is 0 Å². The van der Waals surface area contributed by atoms with E-state index < -0.39 is 44.2 Å². The van der Waals surface area contributed by atoms with Gasteiger partial charge in [0, 0.05) is 12.3 Å². The van der Waals surface area contributed by atoms with Crippen LogP contribution in [0.1, 0.15) is 32.6 Å². The highest BCUT2D eigenvalue weighted by Crippen LogP contribution is 2.38. The lowest BCUT2D eigenvalue weighted by atomic mass is 10.1. The fraction of sp³-hybridized carbons (Fsp3) is 0.333. The standard InChI is InChI=1S/C33H37FN2O6Si/c1-33(2,3)43(25-15-9-5-10-16-25,26-17-11-6-12-18-26)41-22-27-30(38)29(34)31(42-27)35-20-19-28(37)36(32(35)39)23-40-21-24-13-7-4-8-14-24/h4-20,27,29-31,38H,21-23H2,1-3H3/t27-,29?,30?,31-/m1/s1. The summed E-state index contributed by atoms with van der Waals surface area (Å²) < 4.78 is 35.9. The van der Waals surface area contributed by atoms with Gasteiger partial charge in [0.2, 0.25) is 0 Å². The summed E-state index contributed by atoms with van der Waals surface area (Å²) in [6, 6.07) is 30.4. The normalized spacial score (nSPS) is 20.8. The van der Waals surface area contributed by atoms with Gasteiger partial charge >= 0.3 is 5.69 Å². The molecular weight excluding hydrogens is 567 g/mol. The second kappa shape index (κ2) is 12.9. The van der Waals surface area contributed by atoms with Gasteiger partial charge in [-0.1, -0.05) is 112 Å². The van der Waals surface area contributed by atoms with Crippen molar-refractivity contribution < 1.29 is 23.4 Å². The van der Waals surface area contributed by atoms with Gasteiger partial charge in [0.1, 0.15) is 18.9 Å². The molecule has 0 radical (unpaired) electrons. The van der Waals surface area contributed by atoms with E-state index in [9.17, 15) is 14.7 Å². The number of hydrogen-bond acceptors (Lipinski definition) is 6. The summed E-state index contributed by atoms with van der Waals surface area (Å²) in [6.45, 7) is 6.13. The molecule has 8 nitrogen and oxygen atoms in total. The summed E-state index contributed by atoms with van der Waals surface area (Å²) in [7, 11) is -2.98. The summed E-state index contributed by atoms with van der Waals surface area (Å²) in [4.78, 5) is 25.8. The Balaban J connectivity index is 1.39. The van der Waals surface area contributed by atoms with Crippen LogP contribution in [0.15, 0.2) is 113 Å². The summed E-state index contributed by atoms with van der Waals surface area (Å²) in [5, 5.41) is 12.7. The van der Waals surface area contributed by atoms with Crippen LogP contribution in [0.4, 0.5) is 4.39 Å². The molecule has 0 saturated carbocycles. The smallest absolute Gasteiger partial charge is 0.335 e. The molecule has 226 valence electrons. The van der Waals surface area contributed by atoms with E-state index in [1.807, 2.05) is 91.0 Å². The molecule has 43 heavy (non-hydrogen) atoms. The van der Waals surface area contributed by atoms with E-state index in [-0.39, 0.29) is 25.0 Å². The Hall–Kier alpha value is -3.67. The van der Waals surface area contributed by atoms with Crippen molar-refractivity contribution in [2.45, 2.75) is 63.8 Å². The molecule has 1 aliphatic heterocycles. The molecule has 10 heteroatoms. The van der Waals surface area contributed by atoms with Gasteiger partial charge < -0.3 is 19.0 Å². The number of halogens is 1. The monoisotopic (exact) mass is 604 g/mol. The van der Waals surface area contributed by atoms with Crippen LogP contribution < -0.4 is 21.6 Å². The Kier molecular flexibility index (Phi) is 9.24. The maximum atomic E-state index is 15.6. The number of ether oxygens (including phenoxy) is 2. The van der Waals surface area contributed by atoms with E-state index >= 15 is 4.39 Å². The highest BCUT2D eigenvalue weighted by atomic mass is 28.4. The van der Waals surface area contributed by atoms with Gasteiger partial charge in [-0.3, -0.25) is 9.36 Å². The molecule has 0 aliphatic carbocycles. The molecule has 3 aromatic carbocycles. The molecule has 0 bridgehead atoms. The van der Waals surface area contributed by atoms with Gasteiger partial charge in [-0.25, -0.2) is 13.8 Å². The summed E-state index contributed by atoms with van der Waals surface area (Å²) >= 11 is 0. The fourth-order valence-electron chi connectivity index (χ4n) is 5.71. The number of aliphatic hydroxyl groups excluding tert-OH is 1. The number of aliphatic hydroxyl groups is 1. The quantitative estimate of drug-likeness (QED) is 0.279. The maximum absolute atomic E-state index is 15.6. The lowest BCUT2D eigenvalue weighted by molar-refractivity contribution is -0.0477. The number of rotatable bonds is 10. The number of aromatic nitrogens is 2. The Morgan fingerprint density at radius 1 is 0.884 bits per heavy atom. The van der Waals surface area contributed by atoms with Crippen LogP contribution in [0.2, 0.25) is 5.04 Å². The van der Waals surface area contributed by atoms with E-state index in [1.54, 1.807) is 0 Å². The zero-order valence-electron chi connectivity index (χ0n) is 24.5. The topological polar surface area (TPSA) is 91.9 Å². The van der Waals surface area contributed by atoms with Gasteiger partial charge in [-0.05, 0) is 21.0 Å². The minimum atomic E-state index is -2.98. The lowest BCUT2D eigenvalue weighted by Gasteiger charge is -2.43. The van der Waals surface area contributed by atoms with Crippen molar-refractivity contribution in [3.05, 3.63) is 130 Å². The van der Waals surface area contributed by atoms with Crippen molar-refractivity contribution in [1.82, 2.24) is 9.13 Å². The van der Waals surface area contributed by atoms with Crippen molar-refractivity contribution >= 4 is 18.7 Å². The van der Waals surface area contributed by atoms with Crippen LogP contribution in [0, 0.1) is 0 Å². The first-order valence-corrected chi connectivity index (χ1v) is 16.2. The number of alkyl halides is 1. The van der Waals surface area contributed by atoms with Gasteiger partial charge in [0.25, 0.3) is 13.9 Å². The minimum absolute atomic E-state index is 0.0973. The fourth-order valence-corrected chi connectivity index (χ4v) is 10.3. The third kappa shape index (κ3) is 6.20. The predicted molar refractivity (Wildman–Crippen MR) is 165 cm³/mol. The molecule has 2 heterocycles. The largest absolute Gasteiger partial charge is 0.405 e. The molecule has 5 rings (SSSR count). The zero-order chi connectivity index (χ0) is 30.6. The molecule has 1 fully saturated rings. The highest BCUT2D eigenvalue weighted by molar-refractivity contribution is 6.99. The van der Waals surface area contributed by atoms with Crippen molar-refractivity contribution in [3.63, 3.8) is 0 Å². The van der Waals surface area contributed by atoms with E-state index in [2.05, 4.69) is 20.8 Å². The maximum Gasteiger partial charge on any atom is 0.335 e. The summed E-state index contributed by atoms with van der Waals surface area (Å²) in [5.74, 6) is 0. The van der Waals surface area contributed by atoms with Crippen molar-refractivity contribution in [2.24, 2.45) is 0 Å². The lowest BCUT2D eigenvalue weighted by Crippen LogP contribution is -2.67. The average molecular weight is 605 g/mol. The Labute approximate surface area is 251 Å². The van der Waals surface area contributed by atoms with E-state index in [1.165, 1.54) is 6.20 Å². The molecule has 1 saturated heterocycles. The molecule has 4 atom stereocenters. The molecule has 2 unspecified atom stereocenters. The minimum Gasteiger partial charge on any atom is -0.405 e. The predicted octanol–water partition coefficient (Wildman–Crippen LogP) is 3.36. The molecule has 1 N–H and O–H groups in total. The SMILES string of the molecule is CC(C)(C)[Si](OC[C@H]1O[C@@H](n2ccc(=O)n(COCc3ccccc3)c2=O)C(F)C1O)(c1ccccc1)c1ccccc1. The first kappa shape index (κ1) is 30.8. The number of benzene rings is 3. The number of nitrogens with zero attached hydrogens (tertiary/aromatic N) is 2. The van der Waals surface area contributed by atoms with Crippen molar-refractivity contribution in [2.75, 3.05) is 6.61 Å². The van der Waals surface area contributed by atoms with E-state index in [0.29, 0.717) is 0 Å². The van der Waals surface area contributed by atoms with Crippen LogP contribution in [-0.4, -0.2) is 47.5 Å². The summed E-state index contributed by atoms with van der Waals surface area (Å²) in [5.41, 5.74) is -0.509. The first-order chi connectivity index (χ1) is 20.6. The Bertz CT molecular complexity index is 1570. The van der Waals surface area contributed by atoms with Crippen molar-refractivity contribution in [3.8, 4) is 0 Å². The van der Waals surface area contributed by atoms with Crippen LogP contribution in [0.3, 0.4) is 0 Å². The highest BCUT2D eigenvalue weighted by Gasteiger charge is 2.52. The molecule has 0 spiro atoms. The molecule has 1 aromatic heterocycles. The average Bonchev–Trinajstić information content (AvgIpc) is 3.29. The van der Waals surface area contributed by atoms with Gasteiger partial charge in [0.05, 0.1) is 13.2 Å². The van der Waals surface area contributed by atoms with Crippen LogP contribution in [0.5, 0.6) is 0 Å². The first-order valence-electron chi connectivity index (χ1n) is 14.3. The molecule has 4 aromatic rings. The molecule has 1 aliphatic rings. The Morgan fingerprint density at radius 2 is 1.44 bits per heavy atom. The van der Waals surface area contributed by atoms with Gasteiger partial charge in [-0.2, -0.15) is 0 Å². The second-order valence-electron chi connectivity index (χ2n) is 11.7. The van der Waals surface area contributed by atoms with Gasteiger partial charge in [0.15, 0.2) is 12.4 Å². The zero-order valence-corrected chi connectivity index (χ0v) is 25.5.